The number of benzene rings is 1. The summed E-state index contributed by atoms with van der Waals surface area (Å²) in [4.78, 5) is 22.1. The van der Waals surface area contributed by atoms with Crippen LogP contribution in [0.1, 0.15) is 15.9 Å². The maximum absolute atomic E-state index is 11.1. The van der Waals surface area contributed by atoms with E-state index in [9.17, 15) is 9.59 Å². The lowest BCUT2D eigenvalue weighted by atomic mass is 10.1. The van der Waals surface area contributed by atoms with Gasteiger partial charge in [-0.1, -0.05) is 0 Å². The van der Waals surface area contributed by atoms with Crippen LogP contribution in [0.2, 0.25) is 0 Å². The van der Waals surface area contributed by atoms with Crippen LogP contribution in [0, 0.1) is 0 Å². The van der Waals surface area contributed by atoms with E-state index in [4.69, 9.17) is 14.6 Å². The Bertz CT molecular complexity index is 532. The number of carbonyl (C=O) groups is 2. The first-order chi connectivity index (χ1) is 8.61. The second-order valence-electron chi connectivity index (χ2n) is 3.45. The average molecular weight is 250 g/mol. The van der Waals surface area contributed by atoms with Crippen molar-refractivity contribution in [2.75, 3.05) is 13.9 Å². The van der Waals surface area contributed by atoms with Gasteiger partial charge in [0.25, 0.3) is 0 Å². The molecule has 6 nitrogen and oxygen atoms in total. The minimum Gasteiger partial charge on any atom is -0.478 e. The van der Waals surface area contributed by atoms with Gasteiger partial charge in [-0.2, -0.15) is 0 Å². The summed E-state index contributed by atoms with van der Waals surface area (Å²) >= 11 is 0. The summed E-state index contributed by atoms with van der Waals surface area (Å²) in [5, 5.41) is 9.07. The predicted octanol–water partition coefficient (Wildman–Crippen LogP) is 1.30. The molecule has 0 aromatic heterocycles. The lowest BCUT2D eigenvalue weighted by molar-refractivity contribution is -0.134. The van der Waals surface area contributed by atoms with E-state index in [1.807, 2.05) is 0 Å². The first-order valence-corrected chi connectivity index (χ1v) is 5.05. The van der Waals surface area contributed by atoms with Gasteiger partial charge >= 0.3 is 11.9 Å². The topological polar surface area (TPSA) is 82.1 Å². The van der Waals surface area contributed by atoms with Crippen LogP contribution in [-0.2, 0) is 9.53 Å². The molecule has 1 aromatic carbocycles. The number of carboxylic acids is 1. The van der Waals surface area contributed by atoms with Crippen molar-refractivity contribution in [1.29, 1.82) is 0 Å². The van der Waals surface area contributed by atoms with Crippen LogP contribution in [-0.4, -0.2) is 30.9 Å². The Hall–Kier alpha value is -2.50. The van der Waals surface area contributed by atoms with Crippen molar-refractivity contribution in [3.63, 3.8) is 0 Å². The van der Waals surface area contributed by atoms with Crippen molar-refractivity contribution in [3.05, 3.63) is 29.3 Å². The van der Waals surface area contributed by atoms with Gasteiger partial charge in [0.1, 0.15) is 0 Å². The molecule has 2 rings (SSSR count). The van der Waals surface area contributed by atoms with Gasteiger partial charge in [-0.15, -0.1) is 0 Å². The highest BCUT2D eigenvalue weighted by atomic mass is 16.7. The van der Waals surface area contributed by atoms with E-state index in [-0.39, 0.29) is 12.4 Å². The summed E-state index contributed by atoms with van der Waals surface area (Å²) in [5.41, 5.74) is 0.372. The fourth-order valence-electron chi connectivity index (χ4n) is 1.51. The fraction of sp³-hybridized carbons (Fsp3) is 0.167. The number of esters is 1. The third-order valence-electron chi connectivity index (χ3n) is 2.38. The van der Waals surface area contributed by atoms with E-state index < -0.39 is 11.9 Å². The standard InChI is InChI=1S/C12H10O6/c1-16-11(13)3-2-7-4-9-10(18-6-17-9)5-8(7)12(14)15/h2-5H,6H2,1H3,(H,14,15). The molecule has 0 spiro atoms. The molecule has 1 aromatic rings. The van der Waals surface area contributed by atoms with Crippen LogP contribution in [0.4, 0.5) is 0 Å². The Labute approximate surface area is 102 Å². The minimum absolute atomic E-state index is 0.0272. The third kappa shape index (κ3) is 2.27. The van der Waals surface area contributed by atoms with Gasteiger partial charge in [0.05, 0.1) is 12.7 Å². The average Bonchev–Trinajstić information content (AvgIpc) is 2.81. The lowest BCUT2D eigenvalue weighted by Gasteiger charge is -2.03. The van der Waals surface area contributed by atoms with Gasteiger partial charge in [-0.3, -0.25) is 0 Å². The van der Waals surface area contributed by atoms with E-state index >= 15 is 0 Å². The van der Waals surface area contributed by atoms with Crippen LogP contribution in [0.3, 0.4) is 0 Å². The molecule has 0 aliphatic carbocycles. The Morgan fingerprint density at radius 2 is 2.00 bits per heavy atom. The van der Waals surface area contributed by atoms with Crippen molar-refractivity contribution in [2.24, 2.45) is 0 Å². The largest absolute Gasteiger partial charge is 0.478 e. The van der Waals surface area contributed by atoms with Crippen LogP contribution in [0.5, 0.6) is 11.5 Å². The second-order valence-corrected chi connectivity index (χ2v) is 3.45. The number of hydrogen-bond donors (Lipinski definition) is 1. The van der Waals surface area contributed by atoms with E-state index in [1.165, 1.54) is 25.3 Å². The zero-order valence-corrected chi connectivity index (χ0v) is 9.50. The molecule has 0 unspecified atom stereocenters. The normalized spacial score (nSPS) is 12.7. The number of methoxy groups -OCH3 is 1. The first-order valence-electron chi connectivity index (χ1n) is 5.05. The summed E-state index contributed by atoms with van der Waals surface area (Å²) in [6.07, 6.45) is 2.50. The molecule has 6 heteroatoms. The van der Waals surface area contributed by atoms with Gasteiger partial charge in [0.2, 0.25) is 6.79 Å². The van der Waals surface area contributed by atoms with E-state index in [1.54, 1.807) is 0 Å². The first kappa shape index (κ1) is 12.0. The van der Waals surface area contributed by atoms with Crippen LogP contribution in [0.15, 0.2) is 18.2 Å². The van der Waals surface area contributed by atoms with Gasteiger partial charge in [0.15, 0.2) is 11.5 Å². The van der Waals surface area contributed by atoms with Gasteiger partial charge in [-0.05, 0) is 23.8 Å². The van der Waals surface area contributed by atoms with Crippen molar-refractivity contribution in [1.82, 2.24) is 0 Å². The Morgan fingerprint density at radius 1 is 1.33 bits per heavy atom. The van der Waals surface area contributed by atoms with Crippen molar-refractivity contribution >= 4 is 18.0 Å². The van der Waals surface area contributed by atoms with Crippen molar-refractivity contribution in [3.8, 4) is 11.5 Å². The second kappa shape index (κ2) is 4.79. The molecule has 1 aliphatic heterocycles. The predicted molar refractivity (Wildman–Crippen MR) is 60.6 cm³/mol. The van der Waals surface area contributed by atoms with Gasteiger partial charge in [0, 0.05) is 6.08 Å². The molecular weight excluding hydrogens is 240 g/mol. The number of fused-ring (bicyclic) bond motifs is 1. The molecule has 1 heterocycles. The number of aromatic carboxylic acids is 1. The minimum atomic E-state index is -1.11. The zero-order chi connectivity index (χ0) is 13.1. The van der Waals surface area contributed by atoms with Gasteiger partial charge < -0.3 is 19.3 Å². The number of rotatable bonds is 3. The summed E-state index contributed by atoms with van der Waals surface area (Å²) in [7, 11) is 1.24. The SMILES string of the molecule is COC(=O)C=Cc1cc2c(cc1C(=O)O)OCO2. The molecule has 0 fully saturated rings. The molecule has 0 bridgehead atoms. The molecule has 94 valence electrons. The molecule has 1 N–H and O–H groups in total. The molecule has 0 saturated carbocycles. The summed E-state index contributed by atoms with van der Waals surface area (Å²) < 4.78 is 14.7. The number of carboxylic acid groups (broad SMARTS) is 1. The smallest absolute Gasteiger partial charge is 0.336 e. The molecule has 18 heavy (non-hydrogen) atoms. The molecule has 0 atom stereocenters. The van der Waals surface area contributed by atoms with Crippen molar-refractivity contribution in [2.45, 2.75) is 0 Å². The van der Waals surface area contributed by atoms with Gasteiger partial charge in [-0.25, -0.2) is 9.59 Å². The molecule has 0 amide bonds. The molecule has 0 saturated heterocycles. The maximum Gasteiger partial charge on any atom is 0.336 e. The van der Waals surface area contributed by atoms with Crippen molar-refractivity contribution < 1.29 is 28.9 Å². The zero-order valence-electron chi connectivity index (χ0n) is 9.50. The molecule has 0 radical (unpaired) electrons. The Kier molecular flexibility index (Phi) is 3.18. The number of carbonyl (C=O) groups excluding carboxylic acids is 1. The highest BCUT2D eigenvalue weighted by molar-refractivity contribution is 5.95. The van der Waals surface area contributed by atoms with Crippen LogP contribution in [0.25, 0.3) is 6.08 Å². The highest BCUT2D eigenvalue weighted by Gasteiger charge is 2.19. The molecular formula is C12H10O6. The van der Waals surface area contributed by atoms with Crippen LogP contribution < -0.4 is 9.47 Å². The number of ether oxygens (including phenoxy) is 3. The fourth-order valence-corrected chi connectivity index (χ4v) is 1.51. The molecule has 1 aliphatic rings. The third-order valence-corrected chi connectivity index (χ3v) is 2.38. The van der Waals surface area contributed by atoms with E-state index in [0.717, 1.165) is 6.08 Å². The summed E-state index contributed by atoms with van der Waals surface area (Å²) in [6.45, 7) is 0.0541. The maximum atomic E-state index is 11.1. The number of hydrogen-bond acceptors (Lipinski definition) is 5. The van der Waals surface area contributed by atoms with Crippen LogP contribution >= 0.6 is 0 Å². The van der Waals surface area contributed by atoms with E-state index in [2.05, 4.69) is 4.74 Å². The quantitative estimate of drug-likeness (QED) is 0.643. The Balaban J connectivity index is 2.42. The monoisotopic (exact) mass is 250 g/mol. The van der Waals surface area contributed by atoms with E-state index in [0.29, 0.717) is 17.1 Å². The highest BCUT2D eigenvalue weighted by Crippen LogP contribution is 2.35. The Morgan fingerprint density at radius 3 is 2.61 bits per heavy atom. The summed E-state index contributed by atoms with van der Waals surface area (Å²) in [6, 6.07) is 2.87. The lowest BCUT2D eigenvalue weighted by Crippen LogP contribution is -2.00. The summed E-state index contributed by atoms with van der Waals surface area (Å²) in [5.74, 6) is -0.853.